The fraction of sp³-hybridized carbons (Fsp3) is 0.263. The third kappa shape index (κ3) is 2.96. The number of carbonyl (C=O) groups is 1. The fourth-order valence-corrected chi connectivity index (χ4v) is 3.08. The van der Waals surface area contributed by atoms with Gasteiger partial charge < -0.3 is 15.4 Å². The molecule has 1 amide bonds. The Balaban J connectivity index is 1.50. The van der Waals surface area contributed by atoms with Crippen LogP contribution in [0.5, 0.6) is 0 Å². The van der Waals surface area contributed by atoms with Crippen LogP contribution in [0.4, 0.5) is 0 Å². The van der Waals surface area contributed by atoms with Crippen molar-refractivity contribution in [3.63, 3.8) is 0 Å². The lowest BCUT2D eigenvalue weighted by atomic mass is 10.0. The van der Waals surface area contributed by atoms with Crippen molar-refractivity contribution in [1.82, 2.24) is 10.6 Å². The van der Waals surface area contributed by atoms with Gasteiger partial charge in [-0.2, -0.15) is 0 Å². The van der Waals surface area contributed by atoms with Crippen molar-refractivity contribution < 1.29 is 9.53 Å². The van der Waals surface area contributed by atoms with Gasteiger partial charge in [-0.15, -0.1) is 0 Å². The lowest BCUT2D eigenvalue weighted by Crippen LogP contribution is -2.33. The SMILES string of the molecule is O=C(NC1=NCc2cc(C3CNCCO3)ccc21)c1ccccc1. The number of nitrogens with one attached hydrogen (secondary N) is 2. The van der Waals surface area contributed by atoms with Crippen LogP contribution in [0, 0.1) is 0 Å². The highest BCUT2D eigenvalue weighted by atomic mass is 16.5. The Morgan fingerprint density at radius 1 is 1.21 bits per heavy atom. The predicted octanol–water partition coefficient (Wildman–Crippen LogP) is 2.04. The first-order valence-electron chi connectivity index (χ1n) is 8.17. The zero-order chi connectivity index (χ0) is 16.4. The summed E-state index contributed by atoms with van der Waals surface area (Å²) in [5.74, 6) is 0.513. The van der Waals surface area contributed by atoms with Gasteiger partial charge in [-0.3, -0.25) is 9.79 Å². The van der Waals surface area contributed by atoms with Crippen molar-refractivity contribution in [3.8, 4) is 0 Å². The van der Waals surface area contributed by atoms with Crippen molar-refractivity contribution in [2.75, 3.05) is 19.7 Å². The van der Waals surface area contributed by atoms with E-state index in [9.17, 15) is 4.79 Å². The average Bonchev–Trinajstić information content (AvgIpc) is 3.05. The molecule has 2 aliphatic rings. The molecule has 1 unspecified atom stereocenters. The van der Waals surface area contributed by atoms with Crippen LogP contribution in [0.2, 0.25) is 0 Å². The number of fused-ring (bicyclic) bond motifs is 1. The van der Waals surface area contributed by atoms with E-state index in [0.717, 1.165) is 36.4 Å². The maximum absolute atomic E-state index is 12.3. The fourth-order valence-electron chi connectivity index (χ4n) is 3.08. The van der Waals surface area contributed by atoms with Gasteiger partial charge in [0.1, 0.15) is 5.84 Å². The van der Waals surface area contributed by atoms with Crippen LogP contribution in [0.25, 0.3) is 0 Å². The number of ether oxygens (including phenoxy) is 1. The van der Waals surface area contributed by atoms with Gasteiger partial charge in [0.15, 0.2) is 0 Å². The molecule has 2 aliphatic heterocycles. The van der Waals surface area contributed by atoms with E-state index in [1.807, 2.05) is 24.3 Å². The summed E-state index contributed by atoms with van der Waals surface area (Å²) in [7, 11) is 0. The number of amides is 1. The number of carbonyl (C=O) groups excluding carboxylic acids is 1. The Kier molecular flexibility index (Phi) is 4.11. The smallest absolute Gasteiger partial charge is 0.256 e. The van der Waals surface area contributed by atoms with Crippen LogP contribution >= 0.6 is 0 Å². The van der Waals surface area contributed by atoms with E-state index in [-0.39, 0.29) is 12.0 Å². The van der Waals surface area contributed by atoms with E-state index >= 15 is 0 Å². The molecule has 0 aromatic heterocycles. The zero-order valence-corrected chi connectivity index (χ0v) is 13.3. The number of benzene rings is 2. The highest BCUT2D eigenvalue weighted by Crippen LogP contribution is 2.25. The van der Waals surface area contributed by atoms with Crippen molar-refractivity contribution >= 4 is 11.7 Å². The Morgan fingerprint density at radius 2 is 2.08 bits per heavy atom. The molecule has 0 spiro atoms. The number of rotatable bonds is 2. The van der Waals surface area contributed by atoms with E-state index in [4.69, 9.17) is 4.74 Å². The van der Waals surface area contributed by atoms with Crippen LogP contribution in [-0.2, 0) is 11.3 Å². The maximum Gasteiger partial charge on any atom is 0.256 e. The van der Waals surface area contributed by atoms with Gasteiger partial charge in [-0.05, 0) is 23.3 Å². The van der Waals surface area contributed by atoms with E-state index in [1.54, 1.807) is 12.1 Å². The summed E-state index contributed by atoms with van der Waals surface area (Å²) in [5.41, 5.74) is 3.91. The van der Waals surface area contributed by atoms with Crippen LogP contribution < -0.4 is 10.6 Å². The number of hydrogen-bond acceptors (Lipinski definition) is 4. The molecule has 1 fully saturated rings. The summed E-state index contributed by atoms with van der Waals surface area (Å²) in [4.78, 5) is 16.8. The zero-order valence-electron chi connectivity index (χ0n) is 13.3. The molecule has 122 valence electrons. The molecule has 2 aromatic carbocycles. The molecule has 2 aromatic rings. The van der Waals surface area contributed by atoms with Gasteiger partial charge in [-0.25, -0.2) is 0 Å². The number of nitrogens with zero attached hydrogens (tertiary/aromatic N) is 1. The van der Waals surface area contributed by atoms with Gasteiger partial charge >= 0.3 is 0 Å². The summed E-state index contributed by atoms with van der Waals surface area (Å²) >= 11 is 0. The van der Waals surface area contributed by atoms with Crippen molar-refractivity contribution in [3.05, 3.63) is 70.8 Å². The minimum absolute atomic E-state index is 0.0898. The number of aliphatic imine (C=N–C) groups is 1. The Morgan fingerprint density at radius 3 is 2.88 bits per heavy atom. The van der Waals surface area contributed by atoms with Crippen molar-refractivity contribution in [2.24, 2.45) is 4.99 Å². The summed E-state index contributed by atoms with van der Waals surface area (Å²) in [6.45, 7) is 3.06. The van der Waals surface area contributed by atoms with Crippen LogP contribution in [0.3, 0.4) is 0 Å². The standard InChI is InChI=1S/C19H19N3O2/c23-19(13-4-2-1-3-5-13)22-18-16-7-6-14(10-15(16)11-21-18)17-12-20-8-9-24-17/h1-7,10,17,20H,8-9,11-12H2,(H,21,22,23). The molecule has 5 nitrogen and oxygen atoms in total. The lowest BCUT2D eigenvalue weighted by Gasteiger charge is -2.24. The highest BCUT2D eigenvalue weighted by molar-refractivity contribution is 6.14. The second-order valence-corrected chi connectivity index (χ2v) is 5.97. The van der Waals surface area contributed by atoms with E-state index in [2.05, 4.69) is 27.8 Å². The normalized spacial score (nSPS) is 19.5. The Hall–Kier alpha value is -2.50. The molecule has 2 heterocycles. The quantitative estimate of drug-likeness (QED) is 0.890. The third-order valence-electron chi connectivity index (χ3n) is 4.36. The summed E-state index contributed by atoms with van der Waals surface area (Å²) in [5, 5.41) is 6.26. The summed E-state index contributed by atoms with van der Waals surface area (Å²) < 4.78 is 5.80. The number of amidine groups is 1. The third-order valence-corrected chi connectivity index (χ3v) is 4.36. The average molecular weight is 321 g/mol. The second kappa shape index (κ2) is 6.55. The van der Waals surface area contributed by atoms with Crippen LogP contribution in [-0.4, -0.2) is 31.4 Å². The highest BCUT2D eigenvalue weighted by Gasteiger charge is 2.22. The van der Waals surface area contributed by atoms with Gasteiger partial charge in [0.05, 0.1) is 19.3 Å². The monoisotopic (exact) mass is 321 g/mol. The summed E-state index contributed by atoms with van der Waals surface area (Å²) in [6, 6.07) is 15.4. The minimum atomic E-state index is -0.133. The molecular formula is C19H19N3O2. The molecule has 0 saturated carbocycles. The molecule has 0 aliphatic carbocycles. The van der Waals surface area contributed by atoms with E-state index in [0.29, 0.717) is 17.9 Å². The molecule has 24 heavy (non-hydrogen) atoms. The molecule has 4 rings (SSSR count). The first kappa shape index (κ1) is 15.1. The molecule has 1 atom stereocenters. The molecule has 2 N–H and O–H groups in total. The van der Waals surface area contributed by atoms with Gasteiger partial charge in [0.2, 0.25) is 0 Å². The number of morpholine rings is 1. The first-order chi connectivity index (χ1) is 11.8. The Bertz CT molecular complexity index is 780. The molecule has 0 bridgehead atoms. The van der Waals surface area contributed by atoms with Crippen molar-refractivity contribution in [2.45, 2.75) is 12.6 Å². The van der Waals surface area contributed by atoms with E-state index in [1.165, 1.54) is 0 Å². The predicted molar refractivity (Wildman–Crippen MR) is 92.2 cm³/mol. The molecule has 5 heteroatoms. The van der Waals surface area contributed by atoms with Gasteiger partial charge in [0, 0.05) is 24.2 Å². The van der Waals surface area contributed by atoms with Gasteiger partial charge in [-0.1, -0.05) is 36.4 Å². The van der Waals surface area contributed by atoms with Crippen molar-refractivity contribution in [1.29, 1.82) is 0 Å². The van der Waals surface area contributed by atoms with Crippen LogP contribution in [0.15, 0.2) is 53.5 Å². The molecule has 0 radical (unpaired) electrons. The topological polar surface area (TPSA) is 62.7 Å². The van der Waals surface area contributed by atoms with Crippen LogP contribution in [0.1, 0.15) is 33.2 Å². The second-order valence-electron chi connectivity index (χ2n) is 5.97. The van der Waals surface area contributed by atoms with E-state index < -0.39 is 0 Å². The Labute approximate surface area is 140 Å². The largest absolute Gasteiger partial charge is 0.371 e. The minimum Gasteiger partial charge on any atom is -0.371 e. The number of hydrogen-bond donors (Lipinski definition) is 2. The molecular weight excluding hydrogens is 302 g/mol. The molecule has 1 saturated heterocycles. The summed E-state index contributed by atoms with van der Waals surface area (Å²) in [6.07, 6.45) is 0.0898. The maximum atomic E-state index is 12.3. The first-order valence-corrected chi connectivity index (χ1v) is 8.17. The van der Waals surface area contributed by atoms with Gasteiger partial charge in [0.25, 0.3) is 5.91 Å². The lowest BCUT2D eigenvalue weighted by molar-refractivity contribution is 0.0276.